The fraction of sp³-hybridized carbons (Fsp3) is 0.375. The van der Waals surface area contributed by atoms with Crippen LogP contribution in [-0.4, -0.2) is 54.4 Å². The topological polar surface area (TPSA) is 49.9 Å². The van der Waals surface area contributed by atoms with E-state index >= 15 is 0 Å². The maximum absolute atomic E-state index is 14.0. The molecule has 0 fully saturated rings. The molecule has 0 saturated carbocycles. The average molecular weight is 533 g/mol. The van der Waals surface area contributed by atoms with Gasteiger partial charge in [-0.1, -0.05) is 74.8 Å². The molecule has 0 bridgehead atoms. The summed E-state index contributed by atoms with van der Waals surface area (Å²) >= 11 is 6.24. The van der Waals surface area contributed by atoms with Crippen LogP contribution in [0.5, 0.6) is 5.75 Å². The number of benzene rings is 3. The van der Waals surface area contributed by atoms with Crippen molar-refractivity contribution >= 4 is 23.4 Å². The van der Waals surface area contributed by atoms with Crippen molar-refractivity contribution in [1.29, 1.82) is 0 Å². The van der Waals surface area contributed by atoms with E-state index in [0.29, 0.717) is 41.4 Å². The number of ether oxygens (including phenoxy) is 1. The van der Waals surface area contributed by atoms with Gasteiger partial charge in [-0.3, -0.25) is 9.59 Å². The molecular formula is C32H37ClN2O3. The Morgan fingerprint density at radius 1 is 0.974 bits per heavy atom. The molecule has 200 valence electrons. The molecule has 4 rings (SSSR count). The van der Waals surface area contributed by atoms with Crippen LogP contribution in [0.4, 0.5) is 0 Å². The second-order valence-corrected chi connectivity index (χ2v) is 11.5. The summed E-state index contributed by atoms with van der Waals surface area (Å²) in [4.78, 5) is 30.8. The second kappa shape index (κ2) is 12.0. The van der Waals surface area contributed by atoms with E-state index in [2.05, 4.69) is 32.9 Å². The lowest BCUT2D eigenvalue weighted by molar-refractivity contribution is 0.0590. The van der Waals surface area contributed by atoms with Gasteiger partial charge in [0.2, 0.25) is 0 Å². The van der Waals surface area contributed by atoms with Crippen molar-refractivity contribution < 1.29 is 14.3 Å². The Hall–Kier alpha value is -3.31. The van der Waals surface area contributed by atoms with E-state index in [4.69, 9.17) is 16.3 Å². The summed E-state index contributed by atoms with van der Waals surface area (Å²) in [6.45, 7) is 7.92. The van der Waals surface area contributed by atoms with Crippen molar-refractivity contribution in [3.63, 3.8) is 0 Å². The van der Waals surface area contributed by atoms with Gasteiger partial charge < -0.3 is 14.5 Å². The Morgan fingerprint density at radius 3 is 2.34 bits per heavy atom. The summed E-state index contributed by atoms with van der Waals surface area (Å²) in [6.07, 6.45) is 2.20. The van der Waals surface area contributed by atoms with Crippen LogP contribution in [0.1, 0.15) is 65.5 Å². The third-order valence-corrected chi connectivity index (χ3v) is 7.34. The van der Waals surface area contributed by atoms with Gasteiger partial charge in [0.05, 0.1) is 11.6 Å². The molecule has 0 unspecified atom stereocenters. The molecule has 1 heterocycles. The first-order valence-electron chi connectivity index (χ1n) is 13.3. The fourth-order valence-corrected chi connectivity index (χ4v) is 4.97. The van der Waals surface area contributed by atoms with Crippen molar-refractivity contribution in [2.45, 2.75) is 51.5 Å². The van der Waals surface area contributed by atoms with Crippen molar-refractivity contribution in [2.75, 3.05) is 26.7 Å². The van der Waals surface area contributed by atoms with Gasteiger partial charge in [-0.2, -0.15) is 0 Å². The van der Waals surface area contributed by atoms with Crippen LogP contribution in [-0.2, 0) is 11.8 Å². The van der Waals surface area contributed by atoms with Crippen LogP contribution < -0.4 is 4.74 Å². The maximum atomic E-state index is 14.0. The molecule has 0 radical (unpaired) electrons. The molecule has 0 aliphatic carbocycles. The average Bonchev–Trinajstić information content (AvgIpc) is 2.90. The lowest BCUT2D eigenvalue weighted by atomic mass is 9.86. The van der Waals surface area contributed by atoms with E-state index in [-0.39, 0.29) is 29.9 Å². The number of amides is 2. The van der Waals surface area contributed by atoms with Crippen LogP contribution in [0, 0.1) is 0 Å². The van der Waals surface area contributed by atoms with Crippen molar-refractivity contribution in [3.05, 3.63) is 100 Å². The minimum Gasteiger partial charge on any atom is -0.491 e. The number of hydrogen-bond acceptors (Lipinski definition) is 3. The van der Waals surface area contributed by atoms with Gasteiger partial charge in [0.25, 0.3) is 11.8 Å². The summed E-state index contributed by atoms with van der Waals surface area (Å²) in [7, 11) is 1.79. The van der Waals surface area contributed by atoms with E-state index < -0.39 is 0 Å². The molecule has 3 aromatic carbocycles. The Kier molecular flexibility index (Phi) is 8.78. The van der Waals surface area contributed by atoms with Crippen LogP contribution in [0.2, 0.25) is 5.02 Å². The molecule has 1 atom stereocenters. The Morgan fingerprint density at radius 2 is 1.66 bits per heavy atom. The molecule has 6 heteroatoms. The zero-order valence-corrected chi connectivity index (χ0v) is 23.5. The molecule has 0 saturated heterocycles. The Labute approximate surface area is 231 Å². The lowest BCUT2D eigenvalue weighted by Crippen LogP contribution is -2.46. The predicted octanol–water partition coefficient (Wildman–Crippen LogP) is 6.64. The smallest absolute Gasteiger partial charge is 0.257 e. The fourth-order valence-electron chi connectivity index (χ4n) is 4.79. The van der Waals surface area contributed by atoms with Gasteiger partial charge in [-0.25, -0.2) is 0 Å². The molecule has 1 aliphatic heterocycles. The summed E-state index contributed by atoms with van der Waals surface area (Å²) in [5, 5.41) is 0.484. The first-order chi connectivity index (χ1) is 18.1. The van der Waals surface area contributed by atoms with E-state index in [9.17, 15) is 9.59 Å². The third-order valence-electron chi connectivity index (χ3n) is 7.11. The highest BCUT2D eigenvalue weighted by Crippen LogP contribution is 2.27. The summed E-state index contributed by atoms with van der Waals surface area (Å²) < 4.78 is 6.30. The van der Waals surface area contributed by atoms with Gasteiger partial charge in [0, 0.05) is 30.7 Å². The molecule has 0 spiro atoms. The zero-order valence-electron chi connectivity index (χ0n) is 22.7. The van der Waals surface area contributed by atoms with Crippen molar-refractivity contribution in [3.8, 4) is 5.75 Å². The number of nitrogens with zero attached hydrogens (tertiary/aromatic N) is 2. The largest absolute Gasteiger partial charge is 0.491 e. The van der Waals surface area contributed by atoms with Crippen molar-refractivity contribution in [1.82, 2.24) is 9.80 Å². The van der Waals surface area contributed by atoms with E-state index in [1.807, 2.05) is 47.4 Å². The molecule has 0 N–H and O–H groups in total. The minimum atomic E-state index is -0.219. The van der Waals surface area contributed by atoms with E-state index in [0.717, 1.165) is 18.4 Å². The number of carbonyl (C=O) groups excluding carboxylic acids is 2. The van der Waals surface area contributed by atoms with Gasteiger partial charge in [0.15, 0.2) is 0 Å². The second-order valence-electron chi connectivity index (χ2n) is 11.1. The molecule has 0 aromatic heterocycles. The standard InChI is InChI=1S/C32H37ClN2O3/c1-32(2,3)25-14-12-24(13-15-25)30(36)35-19-9-8-18-34(4)31(37)28-21-26(33)16-17-29(28)38-22-27(35)20-23-10-6-5-7-11-23/h5-7,10-17,21,27H,8-9,18-20,22H2,1-4H3/t27-/m0/s1. The highest BCUT2D eigenvalue weighted by atomic mass is 35.5. The normalized spacial score (nSPS) is 17.2. The van der Waals surface area contributed by atoms with Crippen LogP contribution >= 0.6 is 11.6 Å². The number of carbonyl (C=O) groups is 2. The molecular weight excluding hydrogens is 496 g/mol. The first kappa shape index (κ1) is 27.7. The van der Waals surface area contributed by atoms with Crippen LogP contribution in [0.25, 0.3) is 0 Å². The number of halogens is 1. The summed E-state index contributed by atoms with van der Waals surface area (Å²) in [5.41, 5.74) is 3.44. The quantitative estimate of drug-likeness (QED) is 0.380. The summed E-state index contributed by atoms with van der Waals surface area (Å²) in [5.74, 6) is 0.356. The van der Waals surface area contributed by atoms with E-state index in [1.165, 1.54) is 5.56 Å². The highest BCUT2D eigenvalue weighted by molar-refractivity contribution is 6.31. The van der Waals surface area contributed by atoms with Gasteiger partial charge >= 0.3 is 0 Å². The number of fused-ring (bicyclic) bond motifs is 1. The molecule has 3 aromatic rings. The first-order valence-corrected chi connectivity index (χ1v) is 13.6. The van der Waals surface area contributed by atoms with Crippen LogP contribution in [0.15, 0.2) is 72.8 Å². The van der Waals surface area contributed by atoms with Gasteiger partial charge in [0.1, 0.15) is 12.4 Å². The lowest BCUT2D eigenvalue weighted by Gasteiger charge is -2.33. The molecule has 5 nitrogen and oxygen atoms in total. The SMILES string of the molecule is CN1CCCCN(C(=O)c2ccc(C(C)(C)C)cc2)[C@@H](Cc2ccccc2)COc2ccc(Cl)cc2C1=O. The van der Waals surface area contributed by atoms with Gasteiger partial charge in [-0.15, -0.1) is 0 Å². The Bertz CT molecular complexity index is 1250. The molecule has 38 heavy (non-hydrogen) atoms. The highest BCUT2D eigenvalue weighted by Gasteiger charge is 2.28. The molecule has 1 aliphatic rings. The zero-order chi connectivity index (χ0) is 27.3. The van der Waals surface area contributed by atoms with Crippen molar-refractivity contribution in [2.24, 2.45) is 0 Å². The number of rotatable bonds is 3. The molecule has 2 amide bonds. The maximum Gasteiger partial charge on any atom is 0.257 e. The Balaban J connectivity index is 1.69. The minimum absolute atomic E-state index is 0.00666. The van der Waals surface area contributed by atoms with Crippen LogP contribution in [0.3, 0.4) is 0 Å². The summed E-state index contributed by atoms with van der Waals surface area (Å²) in [6, 6.07) is 23.0. The predicted molar refractivity (Wildman–Crippen MR) is 153 cm³/mol. The third kappa shape index (κ3) is 6.76. The van der Waals surface area contributed by atoms with Gasteiger partial charge in [-0.05, 0) is 66.1 Å². The van der Waals surface area contributed by atoms with E-state index in [1.54, 1.807) is 30.1 Å². The number of hydrogen-bond donors (Lipinski definition) is 0. The monoisotopic (exact) mass is 532 g/mol.